The Morgan fingerprint density at radius 2 is 1.68 bits per heavy atom. The summed E-state index contributed by atoms with van der Waals surface area (Å²) < 4.78 is 19.3. The van der Waals surface area contributed by atoms with Crippen molar-refractivity contribution in [1.82, 2.24) is 10.2 Å². The van der Waals surface area contributed by atoms with Gasteiger partial charge in [0.25, 0.3) is 5.91 Å². The van der Waals surface area contributed by atoms with Crippen LogP contribution in [0.3, 0.4) is 0 Å². The summed E-state index contributed by atoms with van der Waals surface area (Å²) in [7, 11) is 0. The highest BCUT2D eigenvalue weighted by Crippen LogP contribution is 2.14. The van der Waals surface area contributed by atoms with E-state index in [0.717, 1.165) is 10.0 Å². The van der Waals surface area contributed by atoms with Gasteiger partial charge in [0, 0.05) is 29.7 Å². The van der Waals surface area contributed by atoms with E-state index in [1.54, 1.807) is 62.1 Å². The molecular weight excluding hydrogens is 427 g/mol. The van der Waals surface area contributed by atoms with Crippen molar-refractivity contribution >= 4 is 27.9 Å². The van der Waals surface area contributed by atoms with Crippen LogP contribution in [0.15, 0.2) is 53.0 Å². The number of halogens is 2. The van der Waals surface area contributed by atoms with Gasteiger partial charge in [-0.3, -0.25) is 4.79 Å². The summed E-state index contributed by atoms with van der Waals surface area (Å²) in [4.78, 5) is 26.4. The lowest BCUT2D eigenvalue weighted by atomic mass is 10.1. The number of rotatable bonds is 6. The number of ether oxygens (including phenoxy) is 1. The fraction of sp³-hybridized carbons (Fsp3) is 0.333. The van der Waals surface area contributed by atoms with E-state index in [1.165, 1.54) is 12.1 Å². The number of hydrogen-bond donors (Lipinski definition) is 1. The van der Waals surface area contributed by atoms with E-state index in [4.69, 9.17) is 4.74 Å². The van der Waals surface area contributed by atoms with E-state index in [9.17, 15) is 14.0 Å². The minimum absolute atomic E-state index is 0.178. The number of carbonyl (C=O) groups excluding carboxylic acids is 2. The molecule has 28 heavy (non-hydrogen) atoms. The van der Waals surface area contributed by atoms with Gasteiger partial charge in [0.1, 0.15) is 11.4 Å². The summed E-state index contributed by atoms with van der Waals surface area (Å²) >= 11 is 3.35. The average molecular weight is 451 g/mol. The Bertz CT molecular complexity index is 802. The molecule has 0 saturated heterocycles. The van der Waals surface area contributed by atoms with Crippen molar-refractivity contribution in [2.45, 2.75) is 32.9 Å². The first-order valence-electron chi connectivity index (χ1n) is 8.90. The highest BCUT2D eigenvalue weighted by molar-refractivity contribution is 9.10. The first-order chi connectivity index (χ1) is 13.1. The predicted octanol–water partition coefficient (Wildman–Crippen LogP) is 4.76. The zero-order valence-electron chi connectivity index (χ0n) is 16.2. The van der Waals surface area contributed by atoms with Gasteiger partial charge in [-0.15, -0.1) is 0 Å². The number of benzene rings is 2. The number of carbonyl (C=O) groups is 2. The lowest BCUT2D eigenvalue weighted by molar-refractivity contribution is 0.0512. The van der Waals surface area contributed by atoms with Crippen molar-refractivity contribution in [2.24, 2.45) is 0 Å². The number of nitrogens with zero attached hydrogens (tertiary/aromatic N) is 1. The van der Waals surface area contributed by atoms with Gasteiger partial charge in [0.05, 0.1) is 0 Å². The van der Waals surface area contributed by atoms with Crippen LogP contribution in [0.1, 0.15) is 36.7 Å². The summed E-state index contributed by atoms with van der Waals surface area (Å²) in [6, 6.07) is 13.0. The maximum absolute atomic E-state index is 13.2. The molecule has 0 aliphatic carbocycles. The van der Waals surface area contributed by atoms with Crippen molar-refractivity contribution in [3.05, 3.63) is 69.9 Å². The summed E-state index contributed by atoms with van der Waals surface area (Å²) in [5.74, 6) is -0.510. The Labute approximate surface area is 173 Å². The minimum Gasteiger partial charge on any atom is -0.444 e. The van der Waals surface area contributed by atoms with Crippen LogP contribution >= 0.6 is 15.9 Å². The molecule has 2 aromatic carbocycles. The van der Waals surface area contributed by atoms with Crippen LogP contribution in [0.5, 0.6) is 0 Å². The molecule has 150 valence electrons. The summed E-state index contributed by atoms with van der Waals surface area (Å²) in [6.45, 7) is 6.16. The van der Waals surface area contributed by atoms with E-state index in [2.05, 4.69) is 21.2 Å². The second-order valence-corrected chi connectivity index (χ2v) is 8.20. The largest absolute Gasteiger partial charge is 0.444 e. The van der Waals surface area contributed by atoms with Crippen molar-refractivity contribution in [2.75, 3.05) is 13.1 Å². The van der Waals surface area contributed by atoms with Gasteiger partial charge in [0.15, 0.2) is 0 Å². The lowest BCUT2D eigenvalue weighted by Crippen LogP contribution is -2.40. The van der Waals surface area contributed by atoms with E-state index in [1.807, 2.05) is 0 Å². The van der Waals surface area contributed by atoms with Crippen LogP contribution in [0, 0.1) is 5.82 Å². The topological polar surface area (TPSA) is 58.6 Å². The summed E-state index contributed by atoms with van der Waals surface area (Å²) in [5, 5.41) is 2.66. The zero-order chi connectivity index (χ0) is 20.7. The molecule has 0 heterocycles. The van der Waals surface area contributed by atoms with Crippen LogP contribution in [-0.2, 0) is 11.3 Å². The number of alkyl carbamates (subject to hydrolysis) is 1. The van der Waals surface area contributed by atoms with Crippen LogP contribution in [-0.4, -0.2) is 35.6 Å². The first-order valence-corrected chi connectivity index (χ1v) is 9.69. The molecule has 0 saturated carbocycles. The second kappa shape index (κ2) is 9.68. The maximum Gasteiger partial charge on any atom is 0.407 e. The molecule has 0 aromatic heterocycles. The zero-order valence-corrected chi connectivity index (χ0v) is 17.8. The average Bonchev–Trinajstić information content (AvgIpc) is 2.61. The van der Waals surface area contributed by atoms with Gasteiger partial charge in [-0.25, -0.2) is 9.18 Å². The predicted molar refractivity (Wildman–Crippen MR) is 110 cm³/mol. The molecule has 2 aromatic rings. The van der Waals surface area contributed by atoms with Gasteiger partial charge in [0.2, 0.25) is 0 Å². The molecule has 0 fully saturated rings. The molecule has 5 nitrogen and oxygen atoms in total. The molecule has 1 N–H and O–H groups in total. The minimum atomic E-state index is -0.592. The Morgan fingerprint density at radius 1 is 1.07 bits per heavy atom. The molecule has 0 aliphatic rings. The van der Waals surface area contributed by atoms with E-state index < -0.39 is 11.7 Å². The highest BCUT2D eigenvalue weighted by Gasteiger charge is 2.19. The van der Waals surface area contributed by atoms with Crippen LogP contribution in [0.25, 0.3) is 0 Å². The Balaban J connectivity index is 2.07. The van der Waals surface area contributed by atoms with Crippen molar-refractivity contribution in [1.29, 1.82) is 0 Å². The van der Waals surface area contributed by atoms with Crippen LogP contribution < -0.4 is 5.32 Å². The van der Waals surface area contributed by atoms with Crippen LogP contribution in [0.2, 0.25) is 0 Å². The van der Waals surface area contributed by atoms with Gasteiger partial charge < -0.3 is 15.0 Å². The Morgan fingerprint density at radius 3 is 2.25 bits per heavy atom. The fourth-order valence-corrected chi connectivity index (χ4v) is 2.71. The van der Waals surface area contributed by atoms with Crippen molar-refractivity contribution < 1.29 is 18.7 Å². The Kier molecular flexibility index (Phi) is 7.57. The third-order valence-electron chi connectivity index (χ3n) is 3.72. The molecule has 2 amide bonds. The Hall–Kier alpha value is -2.41. The SMILES string of the molecule is CC(C)(C)OC(=O)NCCN(Cc1ccc(F)cc1)C(=O)c1ccc(Br)cc1. The second-order valence-electron chi connectivity index (χ2n) is 7.29. The van der Waals surface area contributed by atoms with E-state index in [0.29, 0.717) is 12.1 Å². The molecule has 0 radical (unpaired) electrons. The monoisotopic (exact) mass is 450 g/mol. The van der Waals surface area contributed by atoms with E-state index in [-0.39, 0.29) is 24.8 Å². The fourth-order valence-electron chi connectivity index (χ4n) is 2.44. The normalized spacial score (nSPS) is 11.0. The molecule has 0 atom stereocenters. The smallest absolute Gasteiger partial charge is 0.407 e. The maximum atomic E-state index is 13.2. The quantitative estimate of drug-likeness (QED) is 0.690. The third kappa shape index (κ3) is 7.31. The molecule has 0 unspecified atom stereocenters. The highest BCUT2D eigenvalue weighted by atomic mass is 79.9. The number of hydrogen-bond acceptors (Lipinski definition) is 3. The van der Waals surface area contributed by atoms with Gasteiger partial charge in [-0.2, -0.15) is 0 Å². The molecule has 0 spiro atoms. The van der Waals surface area contributed by atoms with Crippen molar-refractivity contribution in [3.8, 4) is 0 Å². The number of amides is 2. The molecule has 0 bridgehead atoms. The molecule has 7 heteroatoms. The van der Waals surface area contributed by atoms with Crippen LogP contribution in [0.4, 0.5) is 9.18 Å². The molecule has 2 rings (SSSR count). The molecular formula is C21H24BrFN2O3. The van der Waals surface area contributed by atoms with Crippen molar-refractivity contribution in [3.63, 3.8) is 0 Å². The standard InChI is InChI=1S/C21H24BrFN2O3/c1-21(2,3)28-20(27)24-12-13-25(14-15-4-10-18(23)11-5-15)19(26)16-6-8-17(22)9-7-16/h4-11H,12-14H2,1-3H3,(H,24,27). The number of nitrogens with one attached hydrogen (secondary N) is 1. The summed E-state index contributed by atoms with van der Waals surface area (Å²) in [5.41, 5.74) is 0.734. The third-order valence-corrected chi connectivity index (χ3v) is 4.24. The van der Waals surface area contributed by atoms with Gasteiger partial charge in [-0.05, 0) is 62.7 Å². The van der Waals surface area contributed by atoms with Gasteiger partial charge in [-0.1, -0.05) is 28.1 Å². The first kappa shape index (κ1) is 21.9. The summed E-state index contributed by atoms with van der Waals surface area (Å²) in [6.07, 6.45) is -0.537. The van der Waals surface area contributed by atoms with E-state index >= 15 is 0 Å². The van der Waals surface area contributed by atoms with Gasteiger partial charge >= 0.3 is 6.09 Å². The lowest BCUT2D eigenvalue weighted by Gasteiger charge is -2.24. The molecule has 0 aliphatic heterocycles.